The van der Waals surface area contributed by atoms with Gasteiger partial charge in [-0.2, -0.15) is 0 Å². The van der Waals surface area contributed by atoms with Gasteiger partial charge in [-0.3, -0.25) is 9.69 Å². The molecule has 0 aromatic heterocycles. The van der Waals surface area contributed by atoms with Gasteiger partial charge in [-0.1, -0.05) is 44.2 Å². The van der Waals surface area contributed by atoms with E-state index >= 15 is 0 Å². The number of nitrogens with one attached hydrogen (secondary N) is 1. The fraction of sp³-hybridized carbons (Fsp3) is 0.667. The standard InChI is InChI=1S/C21H35N3O/c1-4-23-12-14-24(15-13-23)19(3)17-22-21(25)16-18(2)10-11-20-8-6-5-7-9-20/h5-9,18-19H,4,10-17H2,1-3H3,(H,22,25)/t18-,19+/m0/s1. The van der Waals surface area contributed by atoms with E-state index in [9.17, 15) is 4.79 Å². The molecular weight excluding hydrogens is 310 g/mol. The van der Waals surface area contributed by atoms with Gasteiger partial charge in [-0.05, 0) is 37.8 Å². The van der Waals surface area contributed by atoms with Crippen molar-refractivity contribution < 1.29 is 4.79 Å². The van der Waals surface area contributed by atoms with Gasteiger partial charge in [0, 0.05) is 45.2 Å². The quantitative estimate of drug-likeness (QED) is 0.747. The highest BCUT2D eigenvalue weighted by molar-refractivity contribution is 5.76. The minimum absolute atomic E-state index is 0.194. The van der Waals surface area contributed by atoms with E-state index in [1.807, 2.05) is 6.07 Å². The average Bonchev–Trinajstić information content (AvgIpc) is 2.65. The Kier molecular flexibility index (Phi) is 8.42. The van der Waals surface area contributed by atoms with Crippen LogP contribution in [0.15, 0.2) is 30.3 Å². The molecule has 4 nitrogen and oxygen atoms in total. The molecule has 1 aliphatic heterocycles. The normalized spacial score (nSPS) is 18.7. The number of nitrogens with zero attached hydrogens (tertiary/aromatic N) is 2. The van der Waals surface area contributed by atoms with Crippen LogP contribution in [-0.2, 0) is 11.2 Å². The molecule has 0 bridgehead atoms. The van der Waals surface area contributed by atoms with Gasteiger partial charge < -0.3 is 10.2 Å². The highest BCUT2D eigenvalue weighted by atomic mass is 16.1. The maximum absolute atomic E-state index is 12.2. The van der Waals surface area contributed by atoms with E-state index in [0.717, 1.165) is 52.1 Å². The molecule has 1 aromatic rings. The van der Waals surface area contributed by atoms with Gasteiger partial charge in [0.1, 0.15) is 0 Å². The van der Waals surface area contributed by atoms with Gasteiger partial charge in [-0.25, -0.2) is 0 Å². The van der Waals surface area contributed by atoms with Crippen LogP contribution in [0.5, 0.6) is 0 Å². The zero-order chi connectivity index (χ0) is 18.1. The average molecular weight is 346 g/mol. The summed E-state index contributed by atoms with van der Waals surface area (Å²) in [6.07, 6.45) is 2.74. The minimum atomic E-state index is 0.194. The van der Waals surface area contributed by atoms with Crippen molar-refractivity contribution in [1.29, 1.82) is 0 Å². The van der Waals surface area contributed by atoms with Crippen LogP contribution in [0, 0.1) is 5.92 Å². The molecule has 0 aliphatic carbocycles. The first-order valence-corrected chi connectivity index (χ1v) is 9.85. The van der Waals surface area contributed by atoms with E-state index in [4.69, 9.17) is 0 Å². The predicted molar refractivity (Wildman–Crippen MR) is 105 cm³/mol. The molecular formula is C21H35N3O. The summed E-state index contributed by atoms with van der Waals surface area (Å²) in [5.74, 6) is 0.614. The molecule has 1 aliphatic rings. The molecule has 140 valence electrons. The third-order valence-corrected chi connectivity index (χ3v) is 5.37. The number of carbonyl (C=O) groups is 1. The lowest BCUT2D eigenvalue weighted by Gasteiger charge is -2.37. The van der Waals surface area contributed by atoms with E-state index in [2.05, 4.69) is 60.2 Å². The highest BCUT2D eigenvalue weighted by Crippen LogP contribution is 2.13. The first-order valence-electron chi connectivity index (χ1n) is 9.85. The molecule has 4 heteroatoms. The van der Waals surface area contributed by atoms with E-state index in [-0.39, 0.29) is 5.91 Å². The Morgan fingerprint density at radius 1 is 1.12 bits per heavy atom. The highest BCUT2D eigenvalue weighted by Gasteiger charge is 2.20. The Morgan fingerprint density at radius 2 is 1.80 bits per heavy atom. The Morgan fingerprint density at radius 3 is 2.44 bits per heavy atom. The van der Waals surface area contributed by atoms with Crippen molar-refractivity contribution in [1.82, 2.24) is 15.1 Å². The molecule has 2 atom stereocenters. The van der Waals surface area contributed by atoms with Crippen LogP contribution >= 0.6 is 0 Å². The zero-order valence-electron chi connectivity index (χ0n) is 16.2. The fourth-order valence-corrected chi connectivity index (χ4v) is 3.46. The van der Waals surface area contributed by atoms with Crippen molar-refractivity contribution in [3.05, 3.63) is 35.9 Å². The molecule has 25 heavy (non-hydrogen) atoms. The first kappa shape index (κ1) is 19.9. The summed E-state index contributed by atoms with van der Waals surface area (Å²) in [7, 11) is 0. The Hall–Kier alpha value is -1.39. The Balaban J connectivity index is 1.61. The second-order valence-electron chi connectivity index (χ2n) is 7.46. The van der Waals surface area contributed by atoms with Crippen molar-refractivity contribution in [2.45, 2.75) is 46.1 Å². The fourth-order valence-electron chi connectivity index (χ4n) is 3.46. The van der Waals surface area contributed by atoms with Gasteiger partial charge in [0.25, 0.3) is 0 Å². The number of piperazine rings is 1. The van der Waals surface area contributed by atoms with Crippen molar-refractivity contribution in [2.75, 3.05) is 39.3 Å². The molecule has 1 fully saturated rings. The molecule has 1 N–H and O–H groups in total. The number of amides is 1. The van der Waals surface area contributed by atoms with E-state index in [1.54, 1.807) is 0 Å². The summed E-state index contributed by atoms with van der Waals surface area (Å²) < 4.78 is 0. The van der Waals surface area contributed by atoms with E-state index in [0.29, 0.717) is 18.4 Å². The minimum Gasteiger partial charge on any atom is -0.355 e. The smallest absolute Gasteiger partial charge is 0.220 e. The number of benzene rings is 1. The zero-order valence-corrected chi connectivity index (χ0v) is 16.2. The van der Waals surface area contributed by atoms with Crippen LogP contribution in [0.4, 0.5) is 0 Å². The van der Waals surface area contributed by atoms with Gasteiger partial charge >= 0.3 is 0 Å². The van der Waals surface area contributed by atoms with Crippen molar-refractivity contribution >= 4 is 5.91 Å². The molecule has 0 spiro atoms. The Bertz CT molecular complexity index is 497. The number of aryl methyl sites for hydroxylation is 1. The lowest BCUT2D eigenvalue weighted by Crippen LogP contribution is -2.52. The summed E-state index contributed by atoms with van der Waals surface area (Å²) in [5.41, 5.74) is 1.36. The number of hydrogen-bond acceptors (Lipinski definition) is 3. The number of hydrogen-bond donors (Lipinski definition) is 1. The van der Waals surface area contributed by atoms with Crippen LogP contribution in [0.25, 0.3) is 0 Å². The molecule has 1 heterocycles. The lowest BCUT2D eigenvalue weighted by atomic mass is 9.98. The Labute approximate surface area is 153 Å². The molecule has 1 saturated heterocycles. The predicted octanol–water partition coefficient (Wildman–Crippen LogP) is 2.79. The van der Waals surface area contributed by atoms with Gasteiger partial charge in [-0.15, -0.1) is 0 Å². The van der Waals surface area contributed by atoms with Crippen LogP contribution in [0.3, 0.4) is 0 Å². The van der Waals surface area contributed by atoms with Gasteiger partial charge in [0.05, 0.1) is 0 Å². The lowest BCUT2D eigenvalue weighted by molar-refractivity contribution is -0.122. The monoisotopic (exact) mass is 345 g/mol. The van der Waals surface area contributed by atoms with Crippen molar-refractivity contribution in [2.24, 2.45) is 5.92 Å². The second-order valence-corrected chi connectivity index (χ2v) is 7.46. The largest absolute Gasteiger partial charge is 0.355 e. The van der Waals surface area contributed by atoms with Crippen LogP contribution in [0.1, 0.15) is 39.2 Å². The number of carbonyl (C=O) groups excluding carboxylic acids is 1. The van der Waals surface area contributed by atoms with Crippen LogP contribution in [0.2, 0.25) is 0 Å². The van der Waals surface area contributed by atoms with Crippen LogP contribution < -0.4 is 5.32 Å². The third-order valence-electron chi connectivity index (χ3n) is 5.37. The maximum atomic E-state index is 12.2. The van der Waals surface area contributed by atoms with Gasteiger partial charge in [0.15, 0.2) is 0 Å². The van der Waals surface area contributed by atoms with E-state index in [1.165, 1.54) is 5.56 Å². The van der Waals surface area contributed by atoms with E-state index < -0.39 is 0 Å². The maximum Gasteiger partial charge on any atom is 0.220 e. The summed E-state index contributed by atoms with van der Waals surface area (Å²) in [5, 5.41) is 3.14. The van der Waals surface area contributed by atoms with Crippen molar-refractivity contribution in [3.8, 4) is 0 Å². The second kappa shape index (κ2) is 10.6. The van der Waals surface area contributed by atoms with Crippen LogP contribution in [-0.4, -0.2) is 61.0 Å². The molecule has 2 rings (SSSR count). The summed E-state index contributed by atoms with van der Waals surface area (Å²) in [6, 6.07) is 10.9. The topological polar surface area (TPSA) is 35.6 Å². The number of rotatable bonds is 9. The van der Waals surface area contributed by atoms with Gasteiger partial charge in [0.2, 0.25) is 5.91 Å². The third kappa shape index (κ3) is 7.17. The summed E-state index contributed by atoms with van der Waals surface area (Å²) in [6.45, 7) is 13.0. The molecule has 1 amide bonds. The number of likely N-dealkylation sites (N-methyl/N-ethyl adjacent to an activating group) is 1. The molecule has 1 aromatic carbocycles. The summed E-state index contributed by atoms with van der Waals surface area (Å²) in [4.78, 5) is 17.2. The summed E-state index contributed by atoms with van der Waals surface area (Å²) >= 11 is 0. The first-order chi connectivity index (χ1) is 12.1. The van der Waals surface area contributed by atoms with Crippen molar-refractivity contribution in [3.63, 3.8) is 0 Å². The molecule has 0 radical (unpaired) electrons. The molecule has 0 saturated carbocycles. The SMILES string of the molecule is CCN1CCN([C@H](C)CNC(=O)C[C@@H](C)CCc2ccccc2)CC1. The molecule has 0 unspecified atom stereocenters.